The van der Waals surface area contributed by atoms with E-state index in [1.807, 2.05) is 57.2 Å². The second-order valence-corrected chi connectivity index (χ2v) is 10.2. The Morgan fingerprint density at radius 2 is 1.47 bits per heavy atom. The molecule has 186 valence electrons. The molecular formula is C28H38ClNO4. The molecule has 2 aromatic carbocycles. The number of halogens is 1. The van der Waals surface area contributed by atoms with Gasteiger partial charge in [-0.1, -0.05) is 60.7 Å². The van der Waals surface area contributed by atoms with Gasteiger partial charge < -0.3 is 9.47 Å². The van der Waals surface area contributed by atoms with Gasteiger partial charge in [0.2, 0.25) is 0 Å². The maximum atomic E-state index is 13.3. The topological polar surface area (TPSA) is 55.8 Å². The summed E-state index contributed by atoms with van der Waals surface area (Å²) >= 11 is 0. The van der Waals surface area contributed by atoms with E-state index < -0.39 is 17.1 Å². The Kier molecular flexibility index (Phi) is 10.6. The second kappa shape index (κ2) is 12.9. The van der Waals surface area contributed by atoms with Gasteiger partial charge in [0.1, 0.15) is 11.2 Å². The highest BCUT2D eigenvalue weighted by Crippen LogP contribution is 2.39. The third kappa shape index (κ3) is 8.77. The number of nitrogens with zero attached hydrogens (tertiary/aromatic N) is 1. The van der Waals surface area contributed by atoms with Crippen LogP contribution >= 0.6 is 12.4 Å². The number of hydrogen-bond donors (Lipinski definition) is 0. The van der Waals surface area contributed by atoms with Gasteiger partial charge in [0.15, 0.2) is 0 Å². The molecule has 0 spiro atoms. The van der Waals surface area contributed by atoms with Crippen LogP contribution in [0.3, 0.4) is 0 Å². The van der Waals surface area contributed by atoms with Crippen LogP contribution in [0.1, 0.15) is 64.0 Å². The van der Waals surface area contributed by atoms with Crippen LogP contribution in [0.25, 0.3) is 0 Å². The molecule has 34 heavy (non-hydrogen) atoms. The first-order valence-electron chi connectivity index (χ1n) is 11.9. The Bertz CT molecular complexity index is 835. The fraction of sp³-hybridized carbons (Fsp3) is 0.500. The third-order valence-electron chi connectivity index (χ3n) is 6.15. The molecule has 2 aromatic rings. The number of ether oxygens (including phenoxy) is 2. The standard InChI is InChI=1S/C28H37NO4.ClH/c1-27(2,3)33-26(31)25(18-28(32-22-30)16-10-11-17-28)21-29(19-23-12-6-4-7-13-23)20-24-14-8-5-9-15-24;/h4-9,12-15,22,25H,10-11,16-21H2,1-3H3;1H/t25-;/m0./s1. The van der Waals surface area contributed by atoms with Crippen molar-refractivity contribution in [1.82, 2.24) is 4.90 Å². The van der Waals surface area contributed by atoms with Gasteiger partial charge in [-0.15, -0.1) is 12.4 Å². The molecule has 6 heteroatoms. The number of carbonyl (C=O) groups is 2. The molecular weight excluding hydrogens is 450 g/mol. The zero-order valence-electron chi connectivity index (χ0n) is 20.6. The van der Waals surface area contributed by atoms with Crippen molar-refractivity contribution in [2.45, 2.75) is 77.2 Å². The number of hydrogen-bond acceptors (Lipinski definition) is 5. The van der Waals surface area contributed by atoms with Gasteiger partial charge in [-0.2, -0.15) is 0 Å². The van der Waals surface area contributed by atoms with Crippen molar-refractivity contribution in [3.05, 3.63) is 71.8 Å². The quantitative estimate of drug-likeness (QED) is 0.290. The van der Waals surface area contributed by atoms with E-state index in [1.165, 1.54) is 11.1 Å². The minimum atomic E-state index is -0.576. The number of benzene rings is 2. The predicted octanol–water partition coefficient (Wildman–Crippen LogP) is 5.94. The lowest BCUT2D eigenvalue weighted by Crippen LogP contribution is -2.42. The summed E-state index contributed by atoms with van der Waals surface area (Å²) in [6.07, 6.45) is 4.09. The summed E-state index contributed by atoms with van der Waals surface area (Å²) < 4.78 is 11.4. The Hall–Kier alpha value is -2.37. The highest BCUT2D eigenvalue weighted by atomic mass is 35.5. The SMILES string of the molecule is CC(C)(C)OC(=O)[C@H](CN(Cc1ccccc1)Cc1ccccc1)CC1(OC=O)CCCC1.Cl. The Balaban J connectivity index is 0.00000408. The van der Waals surface area contributed by atoms with Crippen LogP contribution in [-0.2, 0) is 32.2 Å². The summed E-state index contributed by atoms with van der Waals surface area (Å²) in [7, 11) is 0. The van der Waals surface area contributed by atoms with Gasteiger partial charge in [0.05, 0.1) is 5.92 Å². The van der Waals surface area contributed by atoms with Crippen molar-refractivity contribution >= 4 is 24.8 Å². The summed E-state index contributed by atoms with van der Waals surface area (Å²) in [4.78, 5) is 26.9. The van der Waals surface area contributed by atoms with Crippen LogP contribution in [0.4, 0.5) is 0 Å². The molecule has 1 aliphatic carbocycles. The molecule has 0 amide bonds. The van der Waals surface area contributed by atoms with Gasteiger partial charge in [0, 0.05) is 26.1 Å². The predicted molar refractivity (Wildman–Crippen MR) is 137 cm³/mol. The van der Waals surface area contributed by atoms with Gasteiger partial charge in [-0.3, -0.25) is 14.5 Å². The van der Waals surface area contributed by atoms with Crippen molar-refractivity contribution in [3.63, 3.8) is 0 Å². The van der Waals surface area contributed by atoms with E-state index in [1.54, 1.807) is 0 Å². The zero-order chi connectivity index (χ0) is 23.7. The molecule has 0 aliphatic heterocycles. The molecule has 1 saturated carbocycles. The molecule has 0 unspecified atom stereocenters. The van der Waals surface area contributed by atoms with Crippen molar-refractivity contribution < 1.29 is 19.1 Å². The van der Waals surface area contributed by atoms with E-state index in [0.29, 0.717) is 19.4 Å². The minimum Gasteiger partial charge on any atom is -0.461 e. The maximum absolute atomic E-state index is 13.3. The average molecular weight is 488 g/mol. The lowest BCUT2D eigenvalue weighted by atomic mass is 9.88. The smallest absolute Gasteiger partial charge is 0.310 e. The first-order valence-corrected chi connectivity index (χ1v) is 11.9. The lowest BCUT2D eigenvalue weighted by Gasteiger charge is -2.34. The van der Waals surface area contributed by atoms with Gasteiger partial charge in [0.25, 0.3) is 6.47 Å². The molecule has 3 rings (SSSR count). The summed E-state index contributed by atoms with van der Waals surface area (Å²) in [5.41, 5.74) is 1.23. The van der Waals surface area contributed by atoms with Crippen molar-refractivity contribution in [2.75, 3.05) is 6.54 Å². The van der Waals surface area contributed by atoms with Gasteiger partial charge in [-0.25, -0.2) is 0 Å². The maximum Gasteiger partial charge on any atom is 0.310 e. The van der Waals surface area contributed by atoms with Crippen LogP contribution < -0.4 is 0 Å². The highest BCUT2D eigenvalue weighted by Gasteiger charge is 2.41. The van der Waals surface area contributed by atoms with Crippen molar-refractivity contribution in [2.24, 2.45) is 5.92 Å². The van der Waals surface area contributed by atoms with E-state index in [9.17, 15) is 9.59 Å². The molecule has 0 aromatic heterocycles. The monoisotopic (exact) mass is 487 g/mol. The van der Waals surface area contributed by atoms with Gasteiger partial charge in [-0.05, 0) is 57.6 Å². The summed E-state index contributed by atoms with van der Waals surface area (Å²) in [5.74, 6) is -0.621. The molecule has 0 radical (unpaired) electrons. The number of carbonyl (C=O) groups excluding carboxylic acids is 2. The molecule has 1 aliphatic rings. The lowest BCUT2D eigenvalue weighted by molar-refractivity contribution is -0.166. The first kappa shape index (κ1) is 27.9. The number of rotatable bonds is 11. The van der Waals surface area contributed by atoms with E-state index in [-0.39, 0.29) is 18.4 Å². The molecule has 0 saturated heterocycles. The Morgan fingerprint density at radius 3 is 1.91 bits per heavy atom. The fourth-order valence-corrected chi connectivity index (χ4v) is 4.73. The normalized spacial score (nSPS) is 15.9. The van der Waals surface area contributed by atoms with E-state index in [4.69, 9.17) is 9.47 Å². The van der Waals surface area contributed by atoms with E-state index >= 15 is 0 Å². The Morgan fingerprint density at radius 1 is 0.971 bits per heavy atom. The van der Waals surface area contributed by atoms with Crippen LogP contribution in [0.5, 0.6) is 0 Å². The summed E-state index contributed by atoms with van der Waals surface area (Å²) in [6, 6.07) is 20.6. The van der Waals surface area contributed by atoms with Crippen LogP contribution in [0, 0.1) is 5.92 Å². The molecule has 0 bridgehead atoms. The van der Waals surface area contributed by atoms with Gasteiger partial charge >= 0.3 is 5.97 Å². The molecule has 0 N–H and O–H groups in total. The summed E-state index contributed by atoms with van der Waals surface area (Å²) in [5, 5.41) is 0. The zero-order valence-corrected chi connectivity index (χ0v) is 21.4. The molecule has 0 heterocycles. The van der Waals surface area contributed by atoms with E-state index in [2.05, 4.69) is 29.2 Å². The van der Waals surface area contributed by atoms with Crippen LogP contribution in [0.15, 0.2) is 60.7 Å². The van der Waals surface area contributed by atoms with Crippen LogP contribution in [-0.4, -0.2) is 35.1 Å². The molecule has 5 nitrogen and oxygen atoms in total. The largest absolute Gasteiger partial charge is 0.461 e. The summed E-state index contributed by atoms with van der Waals surface area (Å²) in [6.45, 7) is 8.18. The average Bonchev–Trinajstić information content (AvgIpc) is 3.22. The van der Waals surface area contributed by atoms with E-state index in [0.717, 1.165) is 38.8 Å². The minimum absolute atomic E-state index is 0. The highest BCUT2D eigenvalue weighted by molar-refractivity contribution is 5.85. The number of esters is 1. The molecule has 1 atom stereocenters. The van der Waals surface area contributed by atoms with Crippen molar-refractivity contribution in [3.8, 4) is 0 Å². The Labute approximate surface area is 210 Å². The fourth-order valence-electron chi connectivity index (χ4n) is 4.73. The first-order chi connectivity index (χ1) is 15.8. The van der Waals surface area contributed by atoms with Crippen molar-refractivity contribution in [1.29, 1.82) is 0 Å². The van der Waals surface area contributed by atoms with Crippen LogP contribution in [0.2, 0.25) is 0 Å². The molecule has 1 fully saturated rings. The second-order valence-electron chi connectivity index (χ2n) is 10.2. The third-order valence-corrected chi connectivity index (χ3v) is 6.15.